The summed E-state index contributed by atoms with van der Waals surface area (Å²) < 4.78 is 0. The number of hydrogen-bond acceptors (Lipinski definition) is 2. The molecular weight excluding hydrogens is 162 g/mol. The van der Waals surface area contributed by atoms with Gasteiger partial charge in [-0.05, 0) is 23.1 Å². The van der Waals surface area contributed by atoms with Gasteiger partial charge in [0, 0.05) is 7.05 Å². The maximum atomic E-state index is 9.59. The third-order valence-corrected chi connectivity index (χ3v) is 2.13. The molecule has 0 saturated carbocycles. The van der Waals surface area contributed by atoms with Crippen LogP contribution < -0.4 is 5.32 Å². The zero-order valence-corrected chi connectivity index (χ0v) is 8.68. The number of phenols is 1. The van der Waals surface area contributed by atoms with Crippen molar-refractivity contribution in [1.29, 1.82) is 0 Å². The zero-order chi connectivity index (χ0) is 10.1. The van der Waals surface area contributed by atoms with Gasteiger partial charge in [-0.25, -0.2) is 0 Å². The van der Waals surface area contributed by atoms with Gasteiger partial charge in [-0.1, -0.05) is 26.8 Å². The normalized spacial score (nSPS) is 11.4. The van der Waals surface area contributed by atoms with Gasteiger partial charge in [0.15, 0.2) is 0 Å². The van der Waals surface area contributed by atoms with Crippen molar-refractivity contribution < 1.29 is 5.11 Å². The molecular formula is C11H17NO. The fraction of sp³-hybridized carbons (Fsp3) is 0.455. The average Bonchev–Trinajstić information content (AvgIpc) is 2.02. The van der Waals surface area contributed by atoms with Crippen LogP contribution >= 0.6 is 0 Å². The number of aromatic hydroxyl groups is 1. The van der Waals surface area contributed by atoms with Crippen LogP contribution in [0.5, 0.6) is 5.75 Å². The number of phenolic OH excluding ortho intramolecular Hbond substituents is 1. The molecule has 0 amide bonds. The number of anilines is 1. The minimum Gasteiger partial charge on any atom is -0.506 e. The van der Waals surface area contributed by atoms with Crippen LogP contribution in [0.3, 0.4) is 0 Å². The van der Waals surface area contributed by atoms with Crippen LogP contribution in [-0.2, 0) is 5.41 Å². The maximum absolute atomic E-state index is 9.59. The van der Waals surface area contributed by atoms with Crippen molar-refractivity contribution in [1.82, 2.24) is 0 Å². The van der Waals surface area contributed by atoms with E-state index >= 15 is 0 Å². The van der Waals surface area contributed by atoms with E-state index in [1.54, 1.807) is 7.05 Å². The maximum Gasteiger partial charge on any atom is 0.138 e. The Morgan fingerprint density at radius 3 is 2.23 bits per heavy atom. The zero-order valence-electron chi connectivity index (χ0n) is 8.68. The summed E-state index contributed by atoms with van der Waals surface area (Å²) in [5, 5.41) is 12.5. The molecule has 0 aliphatic heterocycles. The van der Waals surface area contributed by atoms with Crippen LogP contribution in [-0.4, -0.2) is 12.2 Å². The van der Waals surface area contributed by atoms with Crippen LogP contribution in [0.1, 0.15) is 26.3 Å². The average molecular weight is 179 g/mol. The second kappa shape index (κ2) is 3.29. The third kappa shape index (κ3) is 2.14. The van der Waals surface area contributed by atoms with Crippen molar-refractivity contribution in [2.24, 2.45) is 0 Å². The Morgan fingerprint density at radius 2 is 1.85 bits per heavy atom. The summed E-state index contributed by atoms with van der Waals surface area (Å²) in [5.74, 6) is 0.315. The van der Waals surface area contributed by atoms with E-state index in [2.05, 4.69) is 26.1 Å². The van der Waals surface area contributed by atoms with Gasteiger partial charge in [-0.15, -0.1) is 0 Å². The highest BCUT2D eigenvalue weighted by Crippen LogP contribution is 2.30. The molecule has 0 spiro atoms. The number of benzene rings is 1. The topological polar surface area (TPSA) is 32.3 Å². The Bertz CT molecular complexity index is 299. The molecule has 0 saturated heterocycles. The predicted molar refractivity (Wildman–Crippen MR) is 56.4 cm³/mol. The largest absolute Gasteiger partial charge is 0.506 e. The van der Waals surface area contributed by atoms with Gasteiger partial charge in [0.25, 0.3) is 0 Å². The van der Waals surface area contributed by atoms with E-state index < -0.39 is 0 Å². The van der Waals surface area contributed by atoms with Crippen molar-refractivity contribution in [2.45, 2.75) is 26.2 Å². The fourth-order valence-corrected chi connectivity index (χ4v) is 1.21. The highest BCUT2D eigenvalue weighted by molar-refractivity contribution is 5.57. The molecule has 0 bridgehead atoms. The van der Waals surface area contributed by atoms with Gasteiger partial charge in [0.1, 0.15) is 5.75 Å². The Balaban J connectivity index is 3.10. The van der Waals surface area contributed by atoms with E-state index in [9.17, 15) is 5.11 Å². The molecule has 0 aromatic heterocycles. The molecule has 2 N–H and O–H groups in total. The van der Waals surface area contributed by atoms with Crippen LogP contribution in [0.2, 0.25) is 0 Å². The first-order chi connectivity index (χ1) is 5.95. The van der Waals surface area contributed by atoms with Gasteiger partial charge in [-0.3, -0.25) is 0 Å². The predicted octanol–water partition coefficient (Wildman–Crippen LogP) is 2.73. The minimum atomic E-state index is 0.0871. The summed E-state index contributed by atoms with van der Waals surface area (Å²) in [7, 11) is 1.80. The van der Waals surface area contributed by atoms with Crippen molar-refractivity contribution in [3.05, 3.63) is 23.8 Å². The van der Waals surface area contributed by atoms with E-state index in [0.717, 1.165) is 11.3 Å². The van der Waals surface area contributed by atoms with Gasteiger partial charge in [0.2, 0.25) is 0 Å². The lowest BCUT2D eigenvalue weighted by Crippen LogP contribution is -2.10. The molecule has 13 heavy (non-hydrogen) atoms. The minimum absolute atomic E-state index is 0.0871. The molecule has 0 unspecified atom stereocenters. The van der Waals surface area contributed by atoms with Gasteiger partial charge in [-0.2, -0.15) is 0 Å². The SMILES string of the molecule is CNc1ccc(C(C)(C)C)cc1O. The lowest BCUT2D eigenvalue weighted by Gasteiger charge is -2.19. The third-order valence-electron chi connectivity index (χ3n) is 2.13. The first-order valence-electron chi connectivity index (χ1n) is 4.46. The summed E-state index contributed by atoms with van der Waals surface area (Å²) in [6.45, 7) is 6.38. The highest BCUT2D eigenvalue weighted by atomic mass is 16.3. The van der Waals surface area contributed by atoms with Crippen LogP contribution in [0.25, 0.3) is 0 Å². The highest BCUT2D eigenvalue weighted by Gasteiger charge is 2.14. The summed E-state index contributed by atoms with van der Waals surface area (Å²) in [5.41, 5.74) is 2.00. The van der Waals surface area contributed by atoms with Crippen molar-refractivity contribution >= 4 is 5.69 Å². The van der Waals surface area contributed by atoms with Crippen molar-refractivity contribution in [2.75, 3.05) is 12.4 Å². The van der Waals surface area contributed by atoms with E-state index in [-0.39, 0.29) is 5.41 Å². The Kier molecular flexibility index (Phi) is 2.50. The fourth-order valence-electron chi connectivity index (χ4n) is 1.21. The molecule has 1 aromatic rings. The Hall–Kier alpha value is -1.18. The standard InChI is InChI=1S/C11H17NO/c1-11(2,3)8-5-6-9(12-4)10(13)7-8/h5-7,12-13H,1-4H3. The quantitative estimate of drug-likeness (QED) is 0.650. The first kappa shape index (κ1) is 9.90. The van der Waals surface area contributed by atoms with E-state index in [1.807, 2.05) is 18.2 Å². The lowest BCUT2D eigenvalue weighted by atomic mass is 9.87. The molecule has 0 heterocycles. The number of rotatable bonds is 1. The molecule has 1 rings (SSSR count). The molecule has 2 heteroatoms. The van der Waals surface area contributed by atoms with Crippen LogP contribution in [0, 0.1) is 0 Å². The number of hydrogen-bond donors (Lipinski definition) is 2. The van der Waals surface area contributed by atoms with Crippen LogP contribution in [0.4, 0.5) is 5.69 Å². The second-order valence-corrected chi connectivity index (χ2v) is 4.23. The smallest absolute Gasteiger partial charge is 0.138 e. The summed E-state index contributed by atoms with van der Waals surface area (Å²) >= 11 is 0. The number of nitrogens with one attached hydrogen (secondary N) is 1. The van der Waals surface area contributed by atoms with Gasteiger partial charge in [0.05, 0.1) is 5.69 Å². The molecule has 0 aliphatic carbocycles. The molecule has 0 fully saturated rings. The van der Waals surface area contributed by atoms with Crippen molar-refractivity contribution in [3.8, 4) is 5.75 Å². The summed E-state index contributed by atoms with van der Waals surface area (Å²) in [6.07, 6.45) is 0. The lowest BCUT2D eigenvalue weighted by molar-refractivity contribution is 0.473. The van der Waals surface area contributed by atoms with Crippen LogP contribution in [0.15, 0.2) is 18.2 Å². The molecule has 1 aromatic carbocycles. The van der Waals surface area contributed by atoms with Gasteiger partial charge < -0.3 is 10.4 Å². The summed E-state index contributed by atoms with van der Waals surface area (Å²) in [4.78, 5) is 0. The molecule has 0 atom stereocenters. The summed E-state index contributed by atoms with van der Waals surface area (Å²) in [6, 6.07) is 5.74. The van der Waals surface area contributed by atoms with Crippen molar-refractivity contribution in [3.63, 3.8) is 0 Å². The monoisotopic (exact) mass is 179 g/mol. The molecule has 0 aliphatic rings. The molecule has 2 nitrogen and oxygen atoms in total. The van der Waals surface area contributed by atoms with E-state index in [1.165, 1.54) is 0 Å². The Morgan fingerprint density at radius 1 is 1.23 bits per heavy atom. The first-order valence-corrected chi connectivity index (χ1v) is 4.46. The van der Waals surface area contributed by atoms with E-state index in [0.29, 0.717) is 5.75 Å². The molecule has 72 valence electrons. The van der Waals surface area contributed by atoms with Gasteiger partial charge >= 0.3 is 0 Å². The second-order valence-electron chi connectivity index (χ2n) is 4.23. The van der Waals surface area contributed by atoms with E-state index in [4.69, 9.17) is 0 Å². The molecule has 0 radical (unpaired) electrons. The Labute approximate surface area is 79.6 Å².